The van der Waals surface area contributed by atoms with Gasteiger partial charge in [0.2, 0.25) is 5.91 Å². The highest BCUT2D eigenvalue weighted by Crippen LogP contribution is 2.34. The lowest BCUT2D eigenvalue weighted by atomic mass is 9.76. The summed E-state index contributed by atoms with van der Waals surface area (Å²) in [5, 5.41) is 3.42. The molecule has 1 N–H and O–H groups in total. The fraction of sp³-hybridized carbons (Fsp3) is 0.933. The van der Waals surface area contributed by atoms with Crippen molar-refractivity contribution in [1.82, 2.24) is 10.2 Å². The van der Waals surface area contributed by atoms with Crippen LogP contribution >= 0.6 is 0 Å². The van der Waals surface area contributed by atoms with Crippen LogP contribution in [0.25, 0.3) is 0 Å². The lowest BCUT2D eigenvalue weighted by Gasteiger charge is -2.43. The maximum absolute atomic E-state index is 12.8. The number of amides is 1. The van der Waals surface area contributed by atoms with Crippen LogP contribution in [0.4, 0.5) is 0 Å². The maximum Gasteiger partial charge on any atom is 0.230 e. The van der Waals surface area contributed by atoms with Crippen LogP contribution in [0.2, 0.25) is 0 Å². The largest absolute Gasteiger partial charge is 0.342 e. The molecule has 0 aromatic heterocycles. The highest BCUT2D eigenvalue weighted by atomic mass is 16.2. The molecule has 2 aliphatic rings. The molecule has 1 amide bonds. The molecular weight excluding hydrogens is 224 g/mol. The van der Waals surface area contributed by atoms with E-state index in [2.05, 4.69) is 31.0 Å². The summed E-state index contributed by atoms with van der Waals surface area (Å²) in [6.45, 7) is 10.6. The van der Waals surface area contributed by atoms with Gasteiger partial charge >= 0.3 is 0 Å². The monoisotopic (exact) mass is 252 g/mol. The first-order valence-electron chi connectivity index (χ1n) is 7.59. The number of likely N-dealkylation sites (tertiary alicyclic amines) is 1. The Morgan fingerprint density at radius 3 is 2.72 bits per heavy atom. The van der Waals surface area contributed by atoms with E-state index in [1.54, 1.807) is 0 Å². The van der Waals surface area contributed by atoms with Crippen molar-refractivity contribution in [1.29, 1.82) is 0 Å². The van der Waals surface area contributed by atoms with Gasteiger partial charge in [-0.15, -0.1) is 0 Å². The van der Waals surface area contributed by atoms with Gasteiger partial charge in [0.05, 0.1) is 5.41 Å². The third kappa shape index (κ3) is 2.56. The van der Waals surface area contributed by atoms with E-state index in [0.717, 1.165) is 51.4 Å². The van der Waals surface area contributed by atoms with Crippen molar-refractivity contribution in [2.24, 2.45) is 17.3 Å². The summed E-state index contributed by atoms with van der Waals surface area (Å²) in [7, 11) is 0. The van der Waals surface area contributed by atoms with Gasteiger partial charge in [0, 0.05) is 19.6 Å². The van der Waals surface area contributed by atoms with E-state index >= 15 is 0 Å². The van der Waals surface area contributed by atoms with Gasteiger partial charge in [-0.05, 0) is 44.1 Å². The highest BCUT2D eigenvalue weighted by Gasteiger charge is 2.41. The second-order valence-electron chi connectivity index (χ2n) is 6.41. The number of hydrogen-bond donors (Lipinski definition) is 1. The summed E-state index contributed by atoms with van der Waals surface area (Å²) in [6.07, 6.45) is 4.34. The van der Waals surface area contributed by atoms with Crippen LogP contribution in [0.15, 0.2) is 0 Å². The number of nitrogens with one attached hydrogen (secondary N) is 1. The van der Waals surface area contributed by atoms with Crippen molar-refractivity contribution in [3.05, 3.63) is 0 Å². The molecule has 3 unspecified atom stereocenters. The van der Waals surface area contributed by atoms with Crippen LogP contribution in [0.1, 0.15) is 46.5 Å². The Hall–Kier alpha value is -0.570. The molecule has 0 saturated carbocycles. The lowest BCUT2D eigenvalue weighted by Crippen LogP contribution is -2.54. The van der Waals surface area contributed by atoms with Crippen LogP contribution in [0, 0.1) is 17.3 Å². The van der Waals surface area contributed by atoms with Crippen molar-refractivity contribution in [2.45, 2.75) is 46.5 Å². The predicted octanol–water partition coefficient (Wildman–Crippen LogP) is 2.27. The Labute approximate surface area is 111 Å². The second-order valence-corrected chi connectivity index (χ2v) is 6.41. The average molecular weight is 252 g/mol. The molecule has 3 nitrogen and oxygen atoms in total. The number of nitrogens with zero attached hydrogens (tertiary/aromatic N) is 1. The summed E-state index contributed by atoms with van der Waals surface area (Å²) >= 11 is 0. The summed E-state index contributed by atoms with van der Waals surface area (Å²) in [5.74, 6) is 1.82. The Morgan fingerprint density at radius 1 is 1.39 bits per heavy atom. The lowest BCUT2D eigenvalue weighted by molar-refractivity contribution is -0.146. The molecule has 0 aromatic rings. The van der Waals surface area contributed by atoms with E-state index in [1.165, 1.54) is 6.42 Å². The average Bonchev–Trinajstić information content (AvgIpc) is 2.42. The number of piperidine rings is 2. The molecule has 0 aromatic carbocycles. The zero-order valence-corrected chi connectivity index (χ0v) is 12.2. The summed E-state index contributed by atoms with van der Waals surface area (Å²) in [5.41, 5.74) is -0.113. The first kappa shape index (κ1) is 13.9. The summed E-state index contributed by atoms with van der Waals surface area (Å²) < 4.78 is 0. The van der Waals surface area contributed by atoms with Crippen LogP contribution in [0.5, 0.6) is 0 Å². The topological polar surface area (TPSA) is 32.3 Å². The Morgan fingerprint density at radius 2 is 2.17 bits per heavy atom. The summed E-state index contributed by atoms with van der Waals surface area (Å²) in [6, 6.07) is 0. The molecule has 3 heteroatoms. The zero-order chi connectivity index (χ0) is 13.2. The van der Waals surface area contributed by atoms with Crippen molar-refractivity contribution in [3.8, 4) is 0 Å². The van der Waals surface area contributed by atoms with Gasteiger partial charge in [0.15, 0.2) is 0 Å². The van der Waals surface area contributed by atoms with Gasteiger partial charge in [-0.3, -0.25) is 4.79 Å². The van der Waals surface area contributed by atoms with Gasteiger partial charge < -0.3 is 10.2 Å². The minimum Gasteiger partial charge on any atom is -0.342 e. The number of carbonyl (C=O) groups excluding carboxylic acids is 1. The van der Waals surface area contributed by atoms with Crippen LogP contribution in [0.3, 0.4) is 0 Å². The number of carbonyl (C=O) groups is 1. The van der Waals surface area contributed by atoms with Crippen molar-refractivity contribution >= 4 is 5.91 Å². The molecule has 0 radical (unpaired) electrons. The molecule has 104 valence electrons. The van der Waals surface area contributed by atoms with Crippen LogP contribution < -0.4 is 5.32 Å². The molecule has 0 spiro atoms. The first-order valence-corrected chi connectivity index (χ1v) is 7.59. The third-order valence-electron chi connectivity index (χ3n) is 5.22. The molecule has 2 saturated heterocycles. The van der Waals surface area contributed by atoms with E-state index in [0.29, 0.717) is 11.8 Å². The number of rotatable bonds is 2. The Kier molecular flexibility index (Phi) is 4.31. The van der Waals surface area contributed by atoms with Crippen molar-refractivity contribution in [2.75, 3.05) is 26.2 Å². The van der Waals surface area contributed by atoms with Crippen molar-refractivity contribution < 1.29 is 4.79 Å². The van der Waals surface area contributed by atoms with E-state index < -0.39 is 0 Å². The van der Waals surface area contributed by atoms with Gasteiger partial charge in [0.25, 0.3) is 0 Å². The molecule has 0 aliphatic carbocycles. The molecule has 2 fully saturated rings. The third-order valence-corrected chi connectivity index (χ3v) is 5.22. The minimum absolute atomic E-state index is 0.113. The van der Waals surface area contributed by atoms with Crippen molar-refractivity contribution in [3.63, 3.8) is 0 Å². The standard InChI is InChI=1S/C15H28N2O/c1-4-15(7-5-8-16-11-15)14(18)17-9-6-12(2)13(3)10-17/h12-13,16H,4-11H2,1-3H3. The minimum atomic E-state index is -0.113. The summed E-state index contributed by atoms with van der Waals surface area (Å²) in [4.78, 5) is 15.0. The number of hydrogen-bond acceptors (Lipinski definition) is 2. The quantitative estimate of drug-likeness (QED) is 0.817. The van der Waals surface area contributed by atoms with Gasteiger partial charge in [-0.2, -0.15) is 0 Å². The Balaban J connectivity index is 2.05. The van der Waals surface area contributed by atoms with Gasteiger partial charge in [-0.1, -0.05) is 20.8 Å². The smallest absolute Gasteiger partial charge is 0.230 e. The van der Waals surface area contributed by atoms with Crippen LogP contribution in [-0.2, 0) is 4.79 Å². The SMILES string of the molecule is CCC1(C(=O)N2CCC(C)C(C)C2)CCCNC1. The predicted molar refractivity (Wildman–Crippen MR) is 74.4 cm³/mol. The zero-order valence-electron chi connectivity index (χ0n) is 12.2. The molecule has 0 bridgehead atoms. The first-order chi connectivity index (χ1) is 8.59. The molecule has 3 atom stereocenters. The Bertz CT molecular complexity index is 297. The molecule has 2 heterocycles. The van der Waals surface area contributed by atoms with E-state index in [9.17, 15) is 4.79 Å². The second kappa shape index (κ2) is 5.60. The van der Waals surface area contributed by atoms with E-state index in [4.69, 9.17) is 0 Å². The molecule has 18 heavy (non-hydrogen) atoms. The van der Waals surface area contributed by atoms with E-state index in [-0.39, 0.29) is 5.41 Å². The van der Waals surface area contributed by atoms with E-state index in [1.807, 2.05) is 0 Å². The fourth-order valence-electron chi connectivity index (χ4n) is 3.39. The van der Waals surface area contributed by atoms with Gasteiger partial charge in [-0.25, -0.2) is 0 Å². The molecule has 2 rings (SSSR count). The molecular formula is C15H28N2O. The van der Waals surface area contributed by atoms with Gasteiger partial charge in [0.1, 0.15) is 0 Å². The molecule has 2 aliphatic heterocycles. The fourth-order valence-corrected chi connectivity index (χ4v) is 3.39. The normalized spacial score (nSPS) is 37.6. The maximum atomic E-state index is 12.8. The van der Waals surface area contributed by atoms with Crippen LogP contribution in [-0.4, -0.2) is 37.0 Å². The highest BCUT2D eigenvalue weighted by molar-refractivity contribution is 5.83.